The number of nitrogens with zero attached hydrogens (tertiary/aromatic N) is 5. The lowest BCUT2D eigenvalue weighted by atomic mass is 10.2. The number of nitrogens with one attached hydrogen (secondary N) is 1. The van der Waals surface area contributed by atoms with Gasteiger partial charge in [-0.05, 0) is 51.7 Å². The number of ether oxygens (including phenoxy) is 1. The van der Waals surface area contributed by atoms with E-state index in [0.29, 0.717) is 35.2 Å². The Bertz CT molecular complexity index is 1080. The summed E-state index contributed by atoms with van der Waals surface area (Å²) in [4.78, 5) is 22.8. The minimum absolute atomic E-state index is 0.0610. The van der Waals surface area contributed by atoms with Gasteiger partial charge in [0.15, 0.2) is 6.61 Å². The van der Waals surface area contributed by atoms with E-state index in [9.17, 15) is 18.0 Å². The second kappa shape index (κ2) is 9.94. The van der Waals surface area contributed by atoms with Crippen molar-refractivity contribution in [3.63, 3.8) is 0 Å². The van der Waals surface area contributed by atoms with E-state index in [2.05, 4.69) is 20.4 Å². The first-order chi connectivity index (χ1) is 15.1. The number of pyridine rings is 2. The predicted molar refractivity (Wildman–Crippen MR) is 113 cm³/mol. The molecule has 172 valence electrons. The fourth-order valence-electron chi connectivity index (χ4n) is 3.13. The van der Waals surface area contributed by atoms with Crippen molar-refractivity contribution in [1.82, 2.24) is 30.0 Å². The standard InChI is InChI=1S/C21H25F3N6O2/c1-14-9-15(10-27-20(14)32-13-21(22,23)24)11-30-12-16-17(28-30)5-7-25-18(16)19(31)26-6-4-8-29(2)3/h5,7,9-10,12H,4,6,8,11,13H2,1-3H3,(H,26,31). The lowest BCUT2D eigenvalue weighted by Gasteiger charge is -2.11. The minimum atomic E-state index is -4.42. The van der Waals surface area contributed by atoms with Gasteiger partial charge in [0.1, 0.15) is 5.69 Å². The van der Waals surface area contributed by atoms with E-state index in [1.807, 2.05) is 19.0 Å². The van der Waals surface area contributed by atoms with Gasteiger partial charge in [-0.3, -0.25) is 14.5 Å². The number of hydrogen-bond acceptors (Lipinski definition) is 6. The molecule has 0 spiro atoms. The molecule has 3 aromatic heterocycles. The van der Waals surface area contributed by atoms with Crippen molar-refractivity contribution in [2.24, 2.45) is 0 Å². The van der Waals surface area contributed by atoms with Crippen molar-refractivity contribution in [3.8, 4) is 5.88 Å². The van der Waals surface area contributed by atoms with E-state index in [1.54, 1.807) is 29.9 Å². The van der Waals surface area contributed by atoms with Gasteiger partial charge < -0.3 is 15.0 Å². The van der Waals surface area contributed by atoms with E-state index < -0.39 is 12.8 Å². The van der Waals surface area contributed by atoms with E-state index in [0.717, 1.165) is 18.5 Å². The highest BCUT2D eigenvalue weighted by Gasteiger charge is 2.29. The summed E-state index contributed by atoms with van der Waals surface area (Å²) in [5.41, 5.74) is 2.14. The summed E-state index contributed by atoms with van der Waals surface area (Å²) in [6, 6.07) is 3.41. The Morgan fingerprint density at radius 1 is 1.28 bits per heavy atom. The van der Waals surface area contributed by atoms with E-state index >= 15 is 0 Å². The Hall–Kier alpha value is -3.21. The number of fused-ring (bicyclic) bond motifs is 1. The van der Waals surface area contributed by atoms with Gasteiger partial charge in [0.05, 0.1) is 17.4 Å². The highest BCUT2D eigenvalue weighted by atomic mass is 19.4. The topological polar surface area (TPSA) is 85.2 Å². The van der Waals surface area contributed by atoms with Gasteiger partial charge in [0.25, 0.3) is 5.91 Å². The molecule has 1 amide bonds. The molecule has 0 atom stereocenters. The number of aryl methyl sites for hydroxylation is 1. The summed E-state index contributed by atoms with van der Waals surface area (Å²) in [7, 11) is 3.94. The van der Waals surface area contributed by atoms with Crippen molar-refractivity contribution in [2.45, 2.75) is 26.1 Å². The fraction of sp³-hybridized carbons (Fsp3) is 0.429. The number of amides is 1. The van der Waals surface area contributed by atoms with Gasteiger partial charge in [-0.1, -0.05) is 0 Å². The first-order valence-corrected chi connectivity index (χ1v) is 10.0. The van der Waals surface area contributed by atoms with Gasteiger partial charge in [0, 0.05) is 30.7 Å². The molecule has 3 rings (SSSR count). The number of carbonyl (C=O) groups excluding carboxylic acids is 1. The maximum absolute atomic E-state index is 12.6. The Morgan fingerprint density at radius 2 is 2.06 bits per heavy atom. The SMILES string of the molecule is Cc1cc(Cn2cc3c(C(=O)NCCCN(C)C)nccc3n2)cnc1OCC(F)(F)F. The third-order valence-corrected chi connectivity index (χ3v) is 4.57. The quantitative estimate of drug-likeness (QED) is 0.505. The van der Waals surface area contributed by atoms with Crippen molar-refractivity contribution in [3.05, 3.63) is 47.5 Å². The molecule has 1 N–H and O–H groups in total. The average Bonchev–Trinajstić information content (AvgIpc) is 3.12. The minimum Gasteiger partial charge on any atom is -0.468 e. The van der Waals surface area contributed by atoms with E-state index in [-0.39, 0.29) is 11.8 Å². The summed E-state index contributed by atoms with van der Waals surface area (Å²) < 4.78 is 43.4. The maximum atomic E-state index is 12.6. The maximum Gasteiger partial charge on any atom is 0.422 e. The molecule has 11 heteroatoms. The molecular weight excluding hydrogens is 425 g/mol. The van der Waals surface area contributed by atoms with Crippen LogP contribution in [-0.4, -0.2) is 70.5 Å². The molecule has 0 saturated heterocycles. The third-order valence-electron chi connectivity index (χ3n) is 4.57. The molecular formula is C21H25F3N6O2. The van der Waals surface area contributed by atoms with E-state index in [1.165, 1.54) is 12.4 Å². The third kappa shape index (κ3) is 6.39. The second-order valence-corrected chi connectivity index (χ2v) is 7.70. The fourth-order valence-corrected chi connectivity index (χ4v) is 3.13. The first kappa shape index (κ1) is 23.5. The van der Waals surface area contributed by atoms with Crippen molar-refractivity contribution in [2.75, 3.05) is 33.8 Å². The van der Waals surface area contributed by atoms with Crippen LogP contribution in [0.2, 0.25) is 0 Å². The number of aromatic nitrogens is 4. The number of carbonyl (C=O) groups is 1. The molecule has 3 aromatic rings. The zero-order chi connectivity index (χ0) is 23.3. The monoisotopic (exact) mass is 450 g/mol. The van der Waals surface area contributed by atoms with Crippen LogP contribution in [-0.2, 0) is 6.54 Å². The molecule has 0 radical (unpaired) electrons. The Balaban J connectivity index is 1.70. The van der Waals surface area contributed by atoms with Gasteiger partial charge >= 0.3 is 6.18 Å². The van der Waals surface area contributed by atoms with Gasteiger partial charge in [-0.2, -0.15) is 18.3 Å². The smallest absolute Gasteiger partial charge is 0.422 e. The molecule has 0 fully saturated rings. The predicted octanol–water partition coefficient (Wildman–Crippen LogP) is 2.81. The van der Waals surface area contributed by atoms with Crippen molar-refractivity contribution >= 4 is 16.8 Å². The molecule has 0 aliphatic rings. The summed E-state index contributed by atoms with van der Waals surface area (Å²) in [5, 5.41) is 7.96. The van der Waals surface area contributed by atoms with Crippen LogP contribution < -0.4 is 10.1 Å². The second-order valence-electron chi connectivity index (χ2n) is 7.70. The molecule has 0 aliphatic heterocycles. The lowest BCUT2D eigenvalue weighted by molar-refractivity contribution is -0.154. The lowest BCUT2D eigenvalue weighted by Crippen LogP contribution is -2.27. The Morgan fingerprint density at radius 3 is 2.75 bits per heavy atom. The molecule has 0 aromatic carbocycles. The molecule has 32 heavy (non-hydrogen) atoms. The van der Waals surface area contributed by atoms with Crippen LogP contribution in [0.1, 0.15) is 28.0 Å². The van der Waals surface area contributed by atoms with E-state index in [4.69, 9.17) is 4.74 Å². The summed E-state index contributed by atoms with van der Waals surface area (Å²) in [5.74, 6) is -0.327. The average molecular weight is 450 g/mol. The molecule has 0 aliphatic carbocycles. The zero-order valence-corrected chi connectivity index (χ0v) is 18.1. The highest BCUT2D eigenvalue weighted by Crippen LogP contribution is 2.21. The Labute approximate surface area is 183 Å². The number of alkyl halides is 3. The van der Waals surface area contributed by atoms with Crippen molar-refractivity contribution < 1.29 is 22.7 Å². The zero-order valence-electron chi connectivity index (χ0n) is 18.1. The largest absolute Gasteiger partial charge is 0.468 e. The van der Waals surface area contributed by atoms with Gasteiger partial charge in [-0.25, -0.2) is 4.98 Å². The Kier molecular flexibility index (Phi) is 7.29. The molecule has 8 nitrogen and oxygen atoms in total. The van der Waals surface area contributed by atoms with Crippen LogP contribution in [0.4, 0.5) is 13.2 Å². The van der Waals surface area contributed by atoms with Crippen molar-refractivity contribution in [1.29, 1.82) is 0 Å². The highest BCUT2D eigenvalue weighted by molar-refractivity contribution is 6.04. The normalized spacial score (nSPS) is 11.8. The molecule has 0 saturated carbocycles. The summed E-state index contributed by atoms with van der Waals surface area (Å²) >= 11 is 0. The number of halogens is 3. The number of rotatable bonds is 9. The molecule has 0 bridgehead atoms. The van der Waals surface area contributed by atoms with Crippen LogP contribution >= 0.6 is 0 Å². The van der Waals surface area contributed by atoms with Crippen LogP contribution in [0.3, 0.4) is 0 Å². The first-order valence-electron chi connectivity index (χ1n) is 10.0. The van der Waals surface area contributed by atoms with Gasteiger partial charge in [-0.15, -0.1) is 0 Å². The van der Waals surface area contributed by atoms with Crippen LogP contribution in [0.15, 0.2) is 30.7 Å². The van der Waals surface area contributed by atoms with Crippen LogP contribution in [0.5, 0.6) is 5.88 Å². The summed E-state index contributed by atoms with van der Waals surface area (Å²) in [6.07, 6.45) is 1.10. The van der Waals surface area contributed by atoms with Crippen LogP contribution in [0.25, 0.3) is 10.9 Å². The van der Waals surface area contributed by atoms with Crippen LogP contribution in [0, 0.1) is 6.92 Å². The summed E-state index contributed by atoms with van der Waals surface area (Å²) in [6.45, 7) is 1.97. The molecule has 3 heterocycles. The molecule has 0 unspecified atom stereocenters. The number of hydrogen-bond donors (Lipinski definition) is 1. The van der Waals surface area contributed by atoms with Gasteiger partial charge in [0.2, 0.25) is 5.88 Å².